The summed E-state index contributed by atoms with van der Waals surface area (Å²) in [5.41, 5.74) is 9.60. The Morgan fingerprint density at radius 3 is 1.47 bits per heavy atom. The number of rotatable bonds is 11. The van der Waals surface area contributed by atoms with Gasteiger partial charge in [0.2, 0.25) is 0 Å². The number of benzene rings is 3. The summed E-state index contributed by atoms with van der Waals surface area (Å²) in [4.78, 5) is 0. The zero-order valence-corrected chi connectivity index (χ0v) is 26.1. The van der Waals surface area contributed by atoms with E-state index in [2.05, 4.69) is 93.5 Å². The van der Waals surface area contributed by atoms with E-state index in [0.29, 0.717) is 43.1 Å². The van der Waals surface area contributed by atoms with Crippen molar-refractivity contribution in [3.8, 4) is 11.5 Å². The first-order chi connectivity index (χ1) is 17.8. The number of hydrogen-bond donors (Lipinski definition) is 0. The van der Waals surface area contributed by atoms with Crippen LogP contribution in [0.25, 0.3) is 0 Å². The van der Waals surface area contributed by atoms with Crippen LogP contribution in [0.15, 0.2) is 42.5 Å². The second-order valence-electron chi connectivity index (χ2n) is 12.0. The maximum absolute atomic E-state index is 15.5. The van der Waals surface area contributed by atoms with Gasteiger partial charge in [-0.1, -0.05) is 63.1 Å². The van der Waals surface area contributed by atoms with E-state index in [1.807, 2.05) is 18.2 Å². The first-order valence-corrected chi connectivity index (χ1v) is 16.0. The van der Waals surface area contributed by atoms with Crippen molar-refractivity contribution in [2.45, 2.75) is 81.6 Å². The van der Waals surface area contributed by atoms with Gasteiger partial charge in [0.05, 0.1) is 18.5 Å². The summed E-state index contributed by atoms with van der Waals surface area (Å²) in [5.74, 6) is 2.22. The third kappa shape index (κ3) is 7.54. The van der Waals surface area contributed by atoms with Crippen molar-refractivity contribution < 1.29 is 14.0 Å². The molecule has 206 valence electrons. The van der Waals surface area contributed by atoms with Gasteiger partial charge in [0.15, 0.2) is 0 Å². The summed E-state index contributed by atoms with van der Waals surface area (Å²) in [7, 11) is -2.99. The van der Waals surface area contributed by atoms with Gasteiger partial charge < -0.3 is 14.0 Å². The minimum Gasteiger partial charge on any atom is -0.493 e. The lowest BCUT2D eigenvalue weighted by molar-refractivity contribution is 0.259. The zero-order valence-electron chi connectivity index (χ0n) is 25.2. The maximum Gasteiger partial charge on any atom is 0.133 e. The fourth-order valence-electron chi connectivity index (χ4n) is 5.21. The van der Waals surface area contributed by atoms with Crippen molar-refractivity contribution in [1.29, 1.82) is 0 Å². The molecule has 0 N–H and O–H groups in total. The molecule has 0 aliphatic heterocycles. The minimum atomic E-state index is -2.99. The van der Waals surface area contributed by atoms with Crippen LogP contribution in [0.2, 0.25) is 0 Å². The van der Waals surface area contributed by atoms with Gasteiger partial charge in [-0.3, -0.25) is 0 Å². The van der Waals surface area contributed by atoms with Crippen LogP contribution in [-0.4, -0.2) is 13.2 Å². The Labute approximate surface area is 231 Å². The Morgan fingerprint density at radius 1 is 0.632 bits per heavy atom. The molecule has 0 bridgehead atoms. The molecule has 3 nitrogen and oxygen atoms in total. The van der Waals surface area contributed by atoms with Crippen molar-refractivity contribution in [2.75, 3.05) is 13.2 Å². The molecule has 0 amide bonds. The summed E-state index contributed by atoms with van der Waals surface area (Å²) in [5, 5.41) is 0.814. The van der Waals surface area contributed by atoms with Crippen molar-refractivity contribution >= 4 is 12.4 Å². The topological polar surface area (TPSA) is 35.5 Å². The zero-order chi connectivity index (χ0) is 28.2. The van der Waals surface area contributed by atoms with Crippen LogP contribution in [0, 0.1) is 53.4 Å². The molecule has 0 aromatic heterocycles. The second kappa shape index (κ2) is 12.6. The normalized spacial score (nSPS) is 11.9. The minimum absolute atomic E-state index is 0.352. The summed E-state index contributed by atoms with van der Waals surface area (Å²) in [6.45, 7) is 22.5. The first-order valence-electron chi connectivity index (χ1n) is 13.9. The maximum atomic E-state index is 15.5. The average Bonchev–Trinajstić information content (AvgIpc) is 2.81. The molecule has 0 fully saturated rings. The van der Waals surface area contributed by atoms with Gasteiger partial charge in [-0.25, -0.2) is 0 Å². The Morgan fingerprint density at radius 2 is 1.05 bits per heavy atom. The standard InChI is InChI=1S/C34H47O3P/c1-22(2)18-36-30-11-12-34(33(17-30)37-19-23(3)4)38(35,20-31-26(7)13-24(5)14-27(31)8)21-32-28(9)15-25(6)16-29(32)10/h11-17,22-23H,18-21H2,1-10H3. The summed E-state index contributed by atoms with van der Waals surface area (Å²) < 4.78 is 27.9. The van der Waals surface area contributed by atoms with E-state index in [4.69, 9.17) is 9.47 Å². The third-order valence-corrected chi connectivity index (χ3v) is 9.94. The average molecular weight is 535 g/mol. The summed E-state index contributed by atoms with van der Waals surface area (Å²) in [6.07, 6.45) is 1.00. The molecular formula is C34H47O3P. The van der Waals surface area contributed by atoms with Crippen LogP contribution in [0.4, 0.5) is 0 Å². The van der Waals surface area contributed by atoms with Crippen LogP contribution in [0.1, 0.15) is 72.2 Å². The predicted octanol–water partition coefficient (Wildman–Crippen LogP) is 9.00. The van der Waals surface area contributed by atoms with E-state index in [9.17, 15) is 0 Å². The number of ether oxygens (including phenoxy) is 2. The van der Waals surface area contributed by atoms with Gasteiger partial charge >= 0.3 is 0 Å². The molecular weight excluding hydrogens is 487 g/mol. The van der Waals surface area contributed by atoms with Crippen molar-refractivity contribution in [3.63, 3.8) is 0 Å². The lowest BCUT2D eigenvalue weighted by atomic mass is 10.0. The molecule has 0 heterocycles. The van der Waals surface area contributed by atoms with Gasteiger partial charge in [0.1, 0.15) is 18.6 Å². The number of aryl methyl sites for hydroxylation is 6. The van der Waals surface area contributed by atoms with E-state index in [1.165, 1.54) is 44.5 Å². The molecule has 3 rings (SSSR count). The Bertz CT molecular complexity index is 1210. The largest absolute Gasteiger partial charge is 0.493 e. The molecule has 0 atom stereocenters. The van der Waals surface area contributed by atoms with Gasteiger partial charge in [0, 0.05) is 18.4 Å². The SMILES string of the molecule is Cc1cc(C)c(CP(=O)(Cc2c(C)cc(C)cc2C)c2ccc(OCC(C)C)cc2OCC(C)C)c(C)c1. The molecule has 3 aromatic carbocycles. The molecule has 4 heteroatoms. The van der Waals surface area contributed by atoms with E-state index >= 15 is 4.57 Å². The highest BCUT2D eigenvalue weighted by molar-refractivity contribution is 7.70. The lowest BCUT2D eigenvalue weighted by Gasteiger charge is -2.26. The van der Waals surface area contributed by atoms with Crippen LogP contribution >= 0.6 is 7.14 Å². The van der Waals surface area contributed by atoms with Crippen LogP contribution in [0.3, 0.4) is 0 Å². The van der Waals surface area contributed by atoms with E-state index in [-0.39, 0.29) is 0 Å². The van der Waals surface area contributed by atoms with Crippen LogP contribution in [0.5, 0.6) is 11.5 Å². The van der Waals surface area contributed by atoms with Gasteiger partial charge in [0.25, 0.3) is 0 Å². The molecule has 0 saturated heterocycles. The predicted molar refractivity (Wildman–Crippen MR) is 163 cm³/mol. The fraction of sp³-hybridized carbons (Fsp3) is 0.471. The smallest absolute Gasteiger partial charge is 0.133 e. The van der Waals surface area contributed by atoms with E-state index in [1.54, 1.807) is 0 Å². The molecule has 0 aliphatic carbocycles. The highest BCUT2D eigenvalue weighted by atomic mass is 31.2. The first kappa shape index (κ1) is 30.0. The number of hydrogen-bond acceptors (Lipinski definition) is 3. The molecule has 3 aromatic rings. The van der Waals surface area contributed by atoms with E-state index in [0.717, 1.165) is 11.1 Å². The fourth-order valence-corrected chi connectivity index (χ4v) is 8.56. The third-order valence-electron chi connectivity index (χ3n) is 7.03. The molecule has 0 spiro atoms. The van der Waals surface area contributed by atoms with Gasteiger partial charge in [-0.05, 0) is 98.9 Å². The van der Waals surface area contributed by atoms with E-state index < -0.39 is 7.14 Å². The van der Waals surface area contributed by atoms with Crippen molar-refractivity contribution in [3.05, 3.63) is 87.0 Å². The van der Waals surface area contributed by atoms with Crippen LogP contribution < -0.4 is 14.8 Å². The van der Waals surface area contributed by atoms with Crippen molar-refractivity contribution in [2.24, 2.45) is 11.8 Å². The molecule has 38 heavy (non-hydrogen) atoms. The molecule has 0 aliphatic rings. The van der Waals surface area contributed by atoms with Crippen molar-refractivity contribution in [1.82, 2.24) is 0 Å². The van der Waals surface area contributed by atoms with Gasteiger partial charge in [-0.2, -0.15) is 0 Å². The molecule has 0 unspecified atom stereocenters. The highest BCUT2D eigenvalue weighted by Gasteiger charge is 2.32. The summed E-state index contributed by atoms with van der Waals surface area (Å²) in [6, 6.07) is 14.7. The van der Waals surface area contributed by atoms with Gasteiger partial charge in [-0.15, -0.1) is 0 Å². The quantitative estimate of drug-likeness (QED) is 0.230. The monoisotopic (exact) mass is 534 g/mol. The molecule has 0 saturated carbocycles. The Hall–Kier alpha value is -2.51. The summed E-state index contributed by atoms with van der Waals surface area (Å²) >= 11 is 0. The highest BCUT2D eigenvalue weighted by Crippen LogP contribution is 2.55. The lowest BCUT2D eigenvalue weighted by Crippen LogP contribution is -2.17. The van der Waals surface area contributed by atoms with Crippen LogP contribution in [-0.2, 0) is 16.9 Å². The Kier molecular flexibility index (Phi) is 9.93. The molecule has 0 radical (unpaired) electrons. The Balaban J connectivity index is 2.20. The second-order valence-corrected chi connectivity index (χ2v) is 14.9.